The Hall–Kier alpha value is -1.06. The number of carboxylic acids is 1. The number of amides is 1. The van der Waals surface area contributed by atoms with E-state index in [0.29, 0.717) is 18.8 Å². The first kappa shape index (κ1) is 17.0. The fraction of sp³-hybridized carbons (Fsp3) is 0.875. The Labute approximate surface area is 122 Å². The van der Waals surface area contributed by atoms with Crippen molar-refractivity contribution in [3.8, 4) is 0 Å². The van der Waals surface area contributed by atoms with Crippen molar-refractivity contribution < 1.29 is 14.7 Å². The normalized spacial score (nSPS) is 22.5. The summed E-state index contributed by atoms with van der Waals surface area (Å²) in [5, 5.41) is 9.07. The number of carbonyl (C=O) groups is 2. The van der Waals surface area contributed by atoms with Gasteiger partial charge in [-0.05, 0) is 38.0 Å². The topological polar surface area (TPSA) is 57.6 Å². The van der Waals surface area contributed by atoms with Gasteiger partial charge >= 0.3 is 5.97 Å². The number of aliphatic carboxylic acids is 1. The van der Waals surface area contributed by atoms with Crippen LogP contribution >= 0.6 is 0 Å². The van der Waals surface area contributed by atoms with E-state index in [0.717, 1.165) is 25.8 Å². The Balaban J connectivity index is 2.75. The predicted octanol–water partition coefficient (Wildman–Crippen LogP) is 3.16. The number of carbonyl (C=O) groups excluding carboxylic acids is 1. The molecular weight excluding hydrogens is 254 g/mol. The zero-order chi connectivity index (χ0) is 15.3. The van der Waals surface area contributed by atoms with E-state index in [1.165, 1.54) is 0 Å². The maximum Gasteiger partial charge on any atom is 0.306 e. The van der Waals surface area contributed by atoms with Gasteiger partial charge in [0.1, 0.15) is 0 Å². The Kier molecular flexibility index (Phi) is 6.50. The van der Waals surface area contributed by atoms with Crippen LogP contribution in [0.25, 0.3) is 0 Å². The quantitative estimate of drug-likeness (QED) is 0.780. The van der Waals surface area contributed by atoms with Crippen LogP contribution in [0.15, 0.2) is 0 Å². The van der Waals surface area contributed by atoms with Gasteiger partial charge in [-0.2, -0.15) is 0 Å². The second-order valence-corrected chi connectivity index (χ2v) is 6.40. The molecule has 0 aromatic carbocycles. The van der Waals surface area contributed by atoms with Crippen LogP contribution < -0.4 is 0 Å². The van der Waals surface area contributed by atoms with E-state index in [4.69, 9.17) is 5.11 Å². The highest BCUT2D eigenvalue weighted by atomic mass is 16.4. The summed E-state index contributed by atoms with van der Waals surface area (Å²) in [5.41, 5.74) is 0. The van der Waals surface area contributed by atoms with Crippen molar-refractivity contribution in [2.75, 3.05) is 6.54 Å². The summed E-state index contributed by atoms with van der Waals surface area (Å²) in [6.45, 7) is 9.25. The number of carboxylic acid groups (broad SMARTS) is 1. The van der Waals surface area contributed by atoms with Gasteiger partial charge in [0.15, 0.2) is 0 Å². The van der Waals surface area contributed by atoms with Crippen molar-refractivity contribution in [1.82, 2.24) is 4.90 Å². The van der Waals surface area contributed by atoms with Crippen molar-refractivity contribution in [3.63, 3.8) is 0 Å². The standard InChI is InChI=1S/C16H29NO3/c1-5-14(6-2)17(10-11(3)4)15(18)12-7-8-13(9-12)16(19)20/h11-14H,5-10H2,1-4H3,(H,19,20)/t12-,13+/m1/s1. The Bertz CT molecular complexity index is 337. The summed E-state index contributed by atoms with van der Waals surface area (Å²) in [4.78, 5) is 25.8. The van der Waals surface area contributed by atoms with Crippen LogP contribution in [0.3, 0.4) is 0 Å². The van der Waals surface area contributed by atoms with Crippen LogP contribution in [0.4, 0.5) is 0 Å². The summed E-state index contributed by atoms with van der Waals surface area (Å²) in [6, 6.07) is 0.286. The van der Waals surface area contributed by atoms with Crippen LogP contribution in [0.2, 0.25) is 0 Å². The number of hydrogen-bond acceptors (Lipinski definition) is 2. The molecule has 4 nitrogen and oxygen atoms in total. The molecule has 2 atom stereocenters. The molecule has 0 heterocycles. The predicted molar refractivity (Wildman–Crippen MR) is 79.4 cm³/mol. The van der Waals surface area contributed by atoms with Gasteiger partial charge in [0, 0.05) is 18.5 Å². The molecule has 4 heteroatoms. The molecule has 0 bridgehead atoms. The minimum atomic E-state index is -0.752. The van der Waals surface area contributed by atoms with Gasteiger partial charge in [0.05, 0.1) is 5.92 Å². The van der Waals surface area contributed by atoms with Crippen molar-refractivity contribution in [2.24, 2.45) is 17.8 Å². The summed E-state index contributed by atoms with van der Waals surface area (Å²) in [6.07, 6.45) is 3.81. The van der Waals surface area contributed by atoms with E-state index in [-0.39, 0.29) is 23.8 Å². The number of hydrogen-bond donors (Lipinski definition) is 1. The van der Waals surface area contributed by atoms with Crippen molar-refractivity contribution in [3.05, 3.63) is 0 Å². The maximum absolute atomic E-state index is 12.7. The molecule has 0 aliphatic heterocycles. The lowest BCUT2D eigenvalue weighted by Gasteiger charge is -2.34. The van der Waals surface area contributed by atoms with Crippen LogP contribution in [-0.2, 0) is 9.59 Å². The molecule has 0 spiro atoms. The average Bonchev–Trinajstić information content (AvgIpc) is 2.87. The highest BCUT2D eigenvalue weighted by Crippen LogP contribution is 2.33. The molecule has 0 saturated heterocycles. The second kappa shape index (κ2) is 7.65. The Morgan fingerprint density at radius 1 is 1.15 bits per heavy atom. The molecule has 1 aliphatic rings. The van der Waals surface area contributed by atoms with E-state index in [1.807, 2.05) is 4.90 Å². The van der Waals surface area contributed by atoms with Gasteiger partial charge < -0.3 is 10.0 Å². The maximum atomic E-state index is 12.7. The molecule has 0 radical (unpaired) electrons. The van der Waals surface area contributed by atoms with Gasteiger partial charge in [0.2, 0.25) is 5.91 Å². The van der Waals surface area contributed by atoms with E-state index in [2.05, 4.69) is 27.7 Å². The molecular formula is C16H29NO3. The molecule has 1 saturated carbocycles. The highest BCUT2D eigenvalue weighted by molar-refractivity contribution is 5.81. The molecule has 1 N–H and O–H groups in total. The third-order valence-corrected chi connectivity index (χ3v) is 4.36. The molecule has 0 unspecified atom stereocenters. The second-order valence-electron chi connectivity index (χ2n) is 6.40. The summed E-state index contributed by atoms with van der Waals surface area (Å²) >= 11 is 0. The van der Waals surface area contributed by atoms with Gasteiger partial charge in [-0.15, -0.1) is 0 Å². The van der Waals surface area contributed by atoms with Crippen LogP contribution in [-0.4, -0.2) is 34.5 Å². The summed E-state index contributed by atoms with van der Waals surface area (Å²) < 4.78 is 0. The SMILES string of the molecule is CCC(CC)N(CC(C)C)C(=O)[C@@H]1CC[C@H](C(=O)O)C1. The minimum absolute atomic E-state index is 0.0875. The van der Waals surface area contributed by atoms with E-state index in [1.54, 1.807) is 0 Å². The highest BCUT2D eigenvalue weighted by Gasteiger charge is 2.37. The third kappa shape index (κ3) is 4.22. The van der Waals surface area contributed by atoms with Crippen LogP contribution in [0.5, 0.6) is 0 Å². The van der Waals surface area contributed by atoms with Gasteiger partial charge in [-0.25, -0.2) is 0 Å². The molecule has 0 aromatic heterocycles. The monoisotopic (exact) mass is 283 g/mol. The fourth-order valence-electron chi connectivity index (χ4n) is 3.21. The lowest BCUT2D eigenvalue weighted by Crippen LogP contribution is -2.44. The average molecular weight is 283 g/mol. The lowest BCUT2D eigenvalue weighted by atomic mass is 10.00. The van der Waals surface area contributed by atoms with E-state index < -0.39 is 5.97 Å². The molecule has 20 heavy (non-hydrogen) atoms. The molecule has 1 aliphatic carbocycles. The van der Waals surface area contributed by atoms with E-state index >= 15 is 0 Å². The Morgan fingerprint density at radius 3 is 2.10 bits per heavy atom. The zero-order valence-electron chi connectivity index (χ0n) is 13.3. The minimum Gasteiger partial charge on any atom is -0.481 e. The Morgan fingerprint density at radius 2 is 1.70 bits per heavy atom. The van der Waals surface area contributed by atoms with Gasteiger partial charge in [-0.1, -0.05) is 27.7 Å². The van der Waals surface area contributed by atoms with E-state index in [9.17, 15) is 9.59 Å². The smallest absolute Gasteiger partial charge is 0.306 e. The molecule has 1 rings (SSSR count). The summed E-state index contributed by atoms with van der Waals surface area (Å²) in [5.74, 6) is -0.549. The van der Waals surface area contributed by atoms with Crippen molar-refractivity contribution in [1.29, 1.82) is 0 Å². The first-order valence-corrected chi connectivity index (χ1v) is 7.93. The number of rotatable bonds is 7. The van der Waals surface area contributed by atoms with Crippen molar-refractivity contribution in [2.45, 2.75) is 65.8 Å². The molecule has 0 aromatic rings. The largest absolute Gasteiger partial charge is 0.481 e. The fourth-order valence-corrected chi connectivity index (χ4v) is 3.21. The summed E-state index contributed by atoms with van der Waals surface area (Å²) in [7, 11) is 0. The third-order valence-electron chi connectivity index (χ3n) is 4.36. The first-order chi connectivity index (χ1) is 9.40. The van der Waals surface area contributed by atoms with Crippen molar-refractivity contribution >= 4 is 11.9 Å². The van der Waals surface area contributed by atoms with Gasteiger partial charge in [-0.3, -0.25) is 9.59 Å². The number of nitrogens with zero attached hydrogens (tertiary/aromatic N) is 1. The molecule has 1 fully saturated rings. The molecule has 1 amide bonds. The lowest BCUT2D eigenvalue weighted by molar-refractivity contribution is -0.142. The van der Waals surface area contributed by atoms with Crippen LogP contribution in [0.1, 0.15) is 59.8 Å². The van der Waals surface area contributed by atoms with Gasteiger partial charge in [0.25, 0.3) is 0 Å². The first-order valence-electron chi connectivity index (χ1n) is 7.93. The zero-order valence-corrected chi connectivity index (χ0v) is 13.3. The van der Waals surface area contributed by atoms with Crippen LogP contribution in [0, 0.1) is 17.8 Å². The molecule has 116 valence electrons.